The molecule has 8 nitrogen and oxygen atoms in total. The van der Waals surface area contributed by atoms with Crippen molar-refractivity contribution < 1.29 is 14.3 Å². The zero-order valence-electron chi connectivity index (χ0n) is 18.7. The number of fused-ring (bicyclic) bond motifs is 5. The monoisotopic (exact) mass is 493 g/mol. The number of aromatic nitrogens is 4. The molecule has 5 heterocycles. The maximum absolute atomic E-state index is 12.9. The summed E-state index contributed by atoms with van der Waals surface area (Å²) in [7, 11) is 0. The minimum Gasteiger partial charge on any atom is -0.378 e. The molecule has 0 radical (unpaired) electrons. The molecule has 2 aliphatic heterocycles. The quantitative estimate of drug-likeness (QED) is 0.395. The van der Waals surface area contributed by atoms with Gasteiger partial charge in [-0.1, -0.05) is 37.4 Å². The second-order valence-corrected chi connectivity index (χ2v) is 11.6. The van der Waals surface area contributed by atoms with Gasteiger partial charge in [-0.05, 0) is 24.7 Å². The number of morpholine rings is 1. The van der Waals surface area contributed by atoms with E-state index in [4.69, 9.17) is 14.5 Å². The Bertz CT molecular complexity index is 1150. The first-order valence-electron chi connectivity index (χ1n) is 10.9. The molecular formula is C21H27N5O3S3. The molecule has 1 fully saturated rings. The zero-order chi connectivity index (χ0) is 22.4. The SMILES string of the molecule is CSc1nc2sc3c(c2c2nnc(SC(C)C(=O)N4CCOCC4)n12)CC(C(C)C)OC3. The topological polar surface area (TPSA) is 81.9 Å². The van der Waals surface area contributed by atoms with Gasteiger partial charge in [-0.2, -0.15) is 0 Å². The molecule has 0 saturated carbocycles. The van der Waals surface area contributed by atoms with Gasteiger partial charge in [0.2, 0.25) is 5.91 Å². The predicted molar refractivity (Wildman–Crippen MR) is 128 cm³/mol. The maximum Gasteiger partial charge on any atom is 0.236 e. The molecule has 3 aromatic heterocycles. The number of thiophene rings is 1. The number of carbonyl (C=O) groups is 1. The van der Waals surface area contributed by atoms with Crippen molar-refractivity contribution >= 4 is 56.6 Å². The Morgan fingerprint density at radius 3 is 2.69 bits per heavy atom. The van der Waals surface area contributed by atoms with Gasteiger partial charge in [-0.25, -0.2) is 9.38 Å². The third-order valence-electron chi connectivity index (χ3n) is 6.03. The maximum atomic E-state index is 12.9. The third-order valence-corrected chi connectivity index (χ3v) is 8.80. The Labute approximate surface area is 199 Å². The van der Waals surface area contributed by atoms with Crippen molar-refractivity contribution in [1.29, 1.82) is 0 Å². The number of ether oxygens (including phenoxy) is 2. The highest BCUT2D eigenvalue weighted by Crippen LogP contribution is 2.40. The van der Waals surface area contributed by atoms with Crippen LogP contribution in [0.15, 0.2) is 10.3 Å². The molecule has 1 saturated heterocycles. The number of nitrogens with zero attached hydrogens (tertiary/aromatic N) is 5. The number of rotatable bonds is 5. The number of hydrogen-bond donors (Lipinski definition) is 0. The van der Waals surface area contributed by atoms with E-state index in [1.54, 1.807) is 23.1 Å². The summed E-state index contributed by atoms with van der Waals surface area (Å²) >= 11 is 4.71. The summed E-state index contributed by atoms with van der Waals surface area (Å²) < 4.78 is 13.5. The summed E-state index contributed by atoms with van der Waals surface area (Å²) in [5.41, 5.74) is 2.12. The summed E-state index contributed by atoms with van der Waals surface area (Å²) in [6, 6.07) is 0. The smallest absolute Gasteiger partial charge is 0.236 e. The second-order valence-electron chi connectivity index (χ2n) is 8.42. The molecule has 0 spiro atoms. The van der Waals surface area contributed by atoms with Crippen LogP contribution in [0.3, 0.4) is 0 Å². The molecule has 172 valence electrons. The minimum absolute atomic E-state index is 0.111. The summed E-state index contributed by atoms with van der Waals surface area (Å²) in [4.78, 5) is 22.0. The van der Waals surface area contributed by atoms with Crippen LogP contribution in [0.25, 0.3) is 15.9 Å². The van der Waals surface area contributed by atoms with Gasteiger partial charge in [0.15, 0.2) is 16.0 Å². The lowest BCUT2D eigenvalue weighted by atomic mass is 9.96. The van der Waals surface area contributed by atoms with Crippen LogP contribution in [0.2, 0.25) is 0 Å². The Balaban J connectivity index is 1.53. The van der Waals surface area contributed by atoms with E-state index < -0.39 is 0 Å². The molecule has 0 bridgehead atoms. The first kappa shape index (κ1) is 22.4. The fraction of sp³-hybridized carbons (Fsp3) is 0.619. The van der Waals surface area contributed by atoms with E-state index in [1.807, 2.05) is 22.5 Å². The highest BCUT2D eigenvalue weighted by Gasteiger charge is 2.30. The van der Waals surface area contributed by atoms with Gasteiger partial charge in [-0.3, -0.25) is 4.79 Å². The van der Waals surface area contributed by atoms with Crippen LogP contribution < -0.4 is 0 Å². The molecule has 32 heavy (non-hydrogen) atoms. The van der Waals surface area contributed by atoms with Crippen molar-refractivity contribution in [3.8, 4) is 0 Å². The molecule has 11 heteroatoms. The number of hydrogen-bond acceptors (Lipinski definition) is 9. The van der Waals surface area contributed by atoms with E-state index in [-0.39, 0.29) is 17.3 Å². The highest BCUT2D eigenvalue weighted by atomic mass is 32.2. The van der Waals surface area contributed by atoms with Crippen LogP contribution in [-0.2, 0) is 27.3 Å². The predicted octanol–water partition coefficient (Wildman–Crippen LogP) is 3.50. The van der Waals surface area contributed by atoms with Crippen LogP contribution in [-0.4, -0.2) is 74.3 Å². The van der Waals surface area contributed by atoms with Gasteiger partial charge in [0.1, 0.15) is 4.83 Å². The average molecular weight is 494 g/mol. The van der Waals surface area contributed by atoms with Gasteiger partial charge in [-0.15, -0.1) is 21.5 Å². The molecule has 5 rings (SSSR count). The van der Waals surface area contributed by atoms with Crippen molar-refractivity contribution in [1.82, 2.24) is 24.5 Å². The van der Waals surface area contributed by atoms with Crippen LogP contribution in [0.4, 0.5) is 0 Å². The Hall–Kier alpha value is -1.40. The summed E-state index contributed by atoms with van der Waals surface area (Å²) in [6.07, 6.45) is 3.07. The summed E-state index contributed by atoms with van der Waals surface area (Å²) in [5.74, 6) is 0.559. The molecule has 2 atom stereocenters. The summed E-state index contributed by atoms with van der Waals surface area (Å²) in [5, 5.41) is 11.5. The van der Waals surface area contributed by atoms with E-state index in [9.17, 15) is 4.79 Å². The Morgan fingerprint density at radius 2 is 1.97 bits per heavy atom. The number of carbonyl (C=O) groups excluding carboxylic acids is 1. The number of amides is 1. The summed E-state index contributed by atoms with van der Waals surface area (Å²) in [6.45, 7) is 9.43. The van der Waals surface area contributed by atoms with Crippen LogP contribution >= 0.6 is 34.9 Å². The standard InChI is InChI=1S/C21H27N5O3S3/c1-11(2)14-9-13-15(10-29-14)32-18-16(13)17-23-24-21(26(17)20(22-18)30-4)31-12(3)19(27)25-5-7-28-8-6-25/h11-12,14H,5-10H2,1-4H3. The van der Waals surface area contributed by atoms with E-state index in [2.05, 4.69) is 24.0 Å². The first-order chi connectivity index (χ1) is 15.5. The highest BCUT2D eigenvalue weighted by molar-refractivity contribution is 8.00. The molecule has 1 amide bonds. The van der Waals surface area contributed by atoms with Gasteiger partial charge in [0, 0.05) is 24.4 Å². The van der Waals surface area contributed by atoms with Crippen LogP contribution in [0.5, 0.6) is 0 Å². The molecule has 0 N–H and O–H groups in total. The van der Waals surface area contributed by atoms with Gasteiger partial charge < -0.3 is 14.4 Å². The van der Waals surface area contributed by atoms with Crippen molar-refractivity contribution in [2.24, 2.45) is 5.92 Å². The zero-order valence-corrected chi connectivity index (χ0v) is 21.1. The van der Waals surface area contributed by atoms with Gasteiger partial charge >= 0.3 is 0 Å². The molecule has 2 unspecified atom stereocenters. The lowest BCUT2D eigenvalue weighted by molar-refractivity contribution is -0.134. The molecular weight excluding hydrogens is 466 g/mol. The number of thioether (sulfide) groups is 2. The van der Waals surface area contributed by atoms with E-state index in [1.165, 1.54) is 22.2 Å². The molecule has 0 aliphatic carbocycles. The van der Waals surface area contributed by atoms with Gasteiger partial charge in [0.25, 0.3) is 0 Å². The third kappa shape index (κ3) is 3.91. The fourth-order valence-electron chi connectivity index (χ4n) is 4.21. The van der Waals surface area contributed by atoms with Crippen molar-refractivity contribution in [3.05, 3.63) is 10.4 Å². The first-order valence-corrected chi connectivity index (χ1v) is 13.8. The van der Waals surface area contributed by atoms with Gasteiger partial charge in [0.05, 0.1) is 36.6 Å². The van der Waals surface area contributed by atoms with Crippen molar-refractivity contribution in [2.75, 3.05) is 32.6 Å². The molecule has 2 aliphatic rings. The Morgan fingerprint density at radius 1 is 1.19 bits per heavy atom. The second kappa shape index (κ2) is 9.09. The largest absolute Gasteiger partial charge is 0.378 e. The van der Waals surface area contributed by atoms with E-state index in [0.29, 0.717) is 44.0 Å². The minimum atomic E-state index is -0.263. The van der Waals surface area contributed by atoms with Crippen molar-refractivity contribution in [3.63, 3.8) is 0 Å². The van der Waals surface area contributed by atoms with Crippen molar-refractivity contribution in [2.45, 2.75) is 55.5 Å². The molecule has 3 aromatic rings. The van der Waals surface area contributed by atoms with E-state index in [0.717, 1.165) is 27.4 Å². The Kier molecular flexibility index (Phi) is 6.36. The average Bonchev–Trinajstić information content (AvgIpc) is 3.39. The van der Waals surface area contributed by atoms with E-state index >= 15 is 0 Å². The normalized spacial score (nSPS) is 20.3. The molecule has 0 aromatic carbocycles. The lowest BCUT2D eigenvalue weighted by Gasteiger charge is -2.28. The fourth-order valence-corrected chi connectivity index (χ4v) is 6.92. The van der Waals surface area contributed by atoms with Crippen LogP contribution in [0.1, 0.15) is 31.2 Å². The van der Waals surface area contributed by atoms with Crippen LogP contribution in [0, 0.1) is 5.92 Å². The lowest BCUT2D eigenvalue weighted by Crippen LogP contribution is -2.44.